The van der Waals surface area contributed by atoms with Crippen molar-refractivity contribution in [3.8, 4) is 0 Å². The van der Waals surface area contributed by atoms with Crippen LogP contribution in [0.1, 0.15) is 31.2 Å². The third-order valence-corrected chi connectivity index (χ3v) is 6.28. The number of hydrogen-bond acceptors (Lipinski definition) is 5. The van der Waals surface area contributed by atoms with Crippen LogP contribution in [0.25, 0.3) is 0 Å². The monoisotopic (exact) mass is 343 g/mol. The van der Waals surface area contributed by atoms with E-state index in [-0.39, 0.29) is 29.3 Å². The average molecular weight is 343 g/mol. The van der Waals surface area contributed by atoms with Crippen LogP contribution in [-0.2, 0) is 14.8 Å². The normalized spacial score (nSPS) is 21.1. The summed E-state index contributed by atoms with van der Waals surface area (Å²) in [5.41, 5.74) is 6.48. The predicted octanol–water partition coefficient (Wildman–Crippen LogP) is -0.109. The fourth-order valence-electron chi connectivity index (χ4n) is 2.84. The van der Waals surface area contributed by atoms with Crippen molar-refractivity contribution in [3.05, 3.63) is 11.4 Å². The van der Waals surface area contributed by atoms with Crippen LogP contribution in [-0.4, -0.2) is 54.5 Å². The van der Waals surface area contributed by atoms with Crippen LogP contribution in [0.5, 0.6) is 0 Å². The lowest BCUT2D eigenvalue weighted by Gasteiger charge is -2.31. The Bertz CT molecular complexity index is 650. The number of nitrogens with two attached hydrogens (primary N) is 1. The number of nitrogens with zero attached hydrogens (tertiary/aromatic N) is 2. The van der Waals surface area contributed by atoms with Gasteiger partial charge in [-0.3, -0.25) is 9.89 Å². The Hall–Kier alpha value is -1.45. The van der Waals surface area contributed by atoms with Gasteiger partial charge < -0.3 is 11.1 Å². The van der Waals surface area contributed by atoms with Crippen molar-refractivity contribution >= 4 is 15.9 Å². The van der Waals surface area contributed by atoms with E-state index in [4.69, 9.17) is 5.73 Å². The molecule has 1 fully saturated rings. The molecule has 1 aromatic rings. The Morgan fingerprint density at radius 2 is 2.22 bits per heavy atom. The Kier molecular flexibility index (Phi) is 5.43. The molecule has 1 aliphatic rings. The largest absolute Gasteiger partial charge is 0.352 e. The zero-order valence-corrected chi connectivity index (χ0v) is 14.6. The molecule has 130 valence electrons. The fraction of sp³-hybridized carbons (Fsp3) is 0.714. The van der Waals surface area contributed by atoms with Crippen molar-refractivity contribution in [2.45, 2.75) is 44.6 Å². The maximum atomic E-state index is 12.9. The van der Waals surface area contributed by atoms with Gasteiger partial charge in [-0.1, -0.05) is 0 Å². The molecule has 2 atom stereocenters. The number of nitrogens with one attached hydrogen (secondary N) is 2. The first-order valence-electron chi connectivity index (χ1n) is 7.79. The molecule has 2 rings (SSSR count). The maximum absolute atomic E-state index is 12.9. The Morgan fingerprint density at radius 1 is 1.52 bits per heavy atom. The number of piperidine rings is 1. The van der Waals surface area contributed by atoms with Gasteiger partial charge in [0.1, 0.15) is 4.90 Å². The average Bonchev–Trinajstić information content (AvgIpc) is 2.86. The quantitative estimate of drug-likeness (QED) is 0.689. The molecule has 1 amide bonds. The number of carbonyl (C=O) groups excluding carboxylic acids is 1. The van der Waals surface area contributed by atoms with Gasteiger partial charge in [-0.15, -0.1) is 0 Å². The molecule has 0 radical (unpaired) electrons. The highest BCUT2D eigenvalue weighted by Gasteiger charge is 2.35. The number of amides is 1. The van der Waals surface area contributed by atoms with Crippen LogP contribution in [0.3, 0.4) is 0 Å². The topological polar surface area (TPSA) is 121 Å². The van der Waals surface area contributed by atoms with E-state index in [1.165, 1.54) is 4.31 Å². The van der Waals surface area contributed by atoms with E-state index in [0.29, 0.717) is 37.3 Å². The minimum Gasteiger partial charge on any atom is -0.352 e. The van der Waals surface area contributed by atoms with Gasteiger partial charge in [0.25, 0.3) is 0 Å². The van der Waals surface area contributed by atoms with Crippen molar-refractivity contribution in [2.24, 2.45) is 11.7 Å². The van der Waals surface area contributed by atoms with Crippen molar-refractivity contribution in [2.75, 3.05) is 19.6 Å². The molecule has 0 spiro atoms. The van der Waals surface area contributed by atoms with E-state index >= 15 is 0 Å². The van der Waals surface area contributed by atoms with E-state index in [0.717, 1.165) is 0 Å². The molecule has 1 unspecified atom stereocenters. The molecule has 9 heteroatoms. The van der Waals surface area contributed by atoms with Gasteiger partial charge >= 0.3 is 0 Å². The number of rotatable bonds is 5. The van der Waals surface area contributed by atoms with Crippen molar-refractivity contribution in [1.29, 1.82) is 0 Å². The molecule has 1 aromatic heterocycles. The summed E-state index contributed by atoms with van der Waals surface area (Å²) in [6.07, 6.45) is 1.34. The summed E-state index contributed by atoms with van der Waals surface area (Å²) < 4.78 is 27.1. The molecule has 8 nitrogen and oxygen atoms in total. The standard InChI is InChI=1S/C14H25N5O3S/c1-9(7-15)16-14(20)12-5-4-6-19(8-12)23(21,22)13-10(2)17-18-11(13)3/h9,12H,4-8,15H2,1-3H3,(H,16,20)(H,17,18)/t9-,12?/m0/s1. The molecule has 0 aliphatic carbocycles. The number of aromatic amines is 1. The van der Waals surface area contributed by atoms with Gasteiger partial charge in [-0.05, 0) is 33.6 Å². The van der Waals surface area contributed by atoms with Crippen molar-refractivity contribution in [3.63, 3.8) is 0 Å². The smallest absolute Gasteiger partial charge is 0.246 e. The molecular formula is C14H25N5O3S. The molecular weight excluding hydrogens is 318 g/mol. The molecule has 23 heavy (non-hydrogen) atoms. The maximum Gasteiger partial charge on any atom is 0.246 e. The predicted molar refractivity (Wildman–Crippen MR) is 86.2 cm³/mol. The summed E-state index contributed by atoms with van der Waals surface area (Å²) in [5, 5.41) is 9.48. The van der Waals surface area contributed by atoms with Crippen LogP contribution in [0.4, 0.5) is 0 Å². The third kappa shape index (κ3) is 3.73. The van der Waals surface area contributed by atoms with Crippen LogP contribution in [0.15, 0.2) is 4.90 Å². The first-order chi connectivity index (χ1) is 10.8. The first-order valence-corrected chi connectivity index (χ1v) is 9.23. The molecule has 0 aromatic carbocycles. The number of H-pyrrole nitrogens is 1. The van der Waals surface area contributed by atoms with Crippen LogP contribution in [0.2, 0.25) is 0 Å². The van der Waals surface area contributed by atoms with Crippen LogP contribution in [0, 0.1) is 19.8 Å². The number of carbonyl (C=O) groups is 1. The van der Waals surface area contributed by atoms with Crippen molar-refractivity contribution in [1.82, 2.24) is 19.8 Å². The van der Waals surface area contributed by atoms with Gasteiger partial charge in [0.2, 0.25) is 15.9 Å². The van der Waals surface area contributed by atoms with E-state index in [1.807, 2.05) is 6.92 Å². The number of aryl methyl sites for hydroxylation is 2. The van der Waals surface area contributed by atoms with Gasteiger partial charge in [-0.25, -0.2) is 8.42 Å². The SMILES string of the molecule is Cc1n[nH]c(C)c1S(=O)(=O)N1CCCC(C(=O)N[C@@H](C)CN)C1. The molecule has 2 heterocycles. The van der Waals surface area contributed by atoms with E-state index in [2.05, 4.69) is 15.5 Å². The minimum atomic E-state index is -3.65. The lowest BCUT2D eigenvalue weighted by Crippen LogP contribution is -2.48. The van der Waals surface area contributed by atoms with Crippen LogP contribution >= 0.6 is 0 Å². The zero-order chi connectivity index (χ0) is 17.2. The lowest BCUT2D eigenvalue weighted by atomic mass is 9.98. The Morgan fingerprint density at radius 3 is 2.78 bits per heavy atom. The highest BCUT2D eigenvalue weighted by molar-refractivity contribution is 7.89. The summed E-state index contributed by atoms with van der Waals surface area (Å²) in [5.74, 6) is -0.483. The number of aromatic nitrogens is 2. The molecule has 1 saturated heterocycles. The number of hydrogen-bond donors (Lipinski definition) is 3. The lowest BCUT2D eigenvalue weighted by molar-refractivity contribution is -0.126. The highest BCUT2D eigenvalue weighted by atomic mass is 32.2. The summed E-state index contributed by atoms with van der Waals surface area (Å²) in [7, 11) is -3.65. The summed E-state index contributed by atoms with van der Waals surface area (Å²) >= 11 is 0. The second-order valence-electron chi connectivity index (χ2n) is 6.11. The molecule has 4 N–H and O–H groups in total. The van der Waals surface area contributed by atoms with E-state index in [9.17, 15) is 13.2 Å². The van der Waals surface area contributed by atoms with Gasteiger partial charge in [0.05, 0.1) is 17.3 Å². The molecule has 1 aliphatic heterocycles. The second kappa shape index (κ2) is 6.98. The Balaban J connectivity index is 2.16. The van der Waals surface area contributed by atoms with E-state index in [1.54, 1.807) is 13.8 Å². The second-order valence-corrected chi connectivity index (χ2v) is 7.99. The Labute approximate surface area is 136 Å². The van der Waals surface area contributed by atoms with Crippen molar-refractivity contribution < 1.29 is 13.2 Å². The van der Waals surface area contributed by atoms with Gasteiger partial charge in [-0.2, -0.15) is 9.40 Å². The third-order valence-electron chi connectivity index (χ3n) is 4.16. The zero-order valence-electron chi connectivity index (χ0n) is 13.8. The van der Waals surface area contributed by atoms with E-state index < -0.39 is 10.0 Å². The summed E-state index contributed by atoms with van der Waals surface area (Å²) in [6, 6.07) is -0.118. The highest BCUT2D eigenvalue weighted by Crippen LogP contribution is 2.26. The number of sulfonamides is 1. The fourth-order valence-corrected chi connectivity index (χ4v) is 4.70. The minimum absolute atomic E-state index is 0.118. The van der Waals surface area contributed by atoms with Gasteiger partial charge in [0.15, 0.2) is 0 Å². The van der Waals surface area contributed by atoms with Gasteiger partial charge in [0, 0.05) is 25.7 Å². The summed E-state index contributed by atoms with van der Waals surface area (Å²) in [6.45, 7) is 6.14. The molecule has 0 bridgehead atoms. The van der Waals surface area contributed by atoms with Crippen LogP contribution < -0.4 is 11.1 Å². The molecule has 0 saturated carbocycles. The first kappa shape index (κ1) is 17.9. The summed E-state index contributed by atoms with van der Waals surface area (Å²) in [4.78, 5) is 12.5.